The summed E-state index contributed by atoms with van der Waals surface area (Å²) in [4.78, 5) is 25.6. The third kappa shape index (κ3) is 6.06. The smallest absolute Gasteiger partial charge is 0.337 e. The molecule has 0 saturated carbocycles. The van der Waals surface area contributed by atoms with Gasteiger partial charge in [-0.1, -0.05) is 115 Å². The fourth-order valence-electron chi connectivity index (χ4n) is 4.58. The highest BCUT2D eigenvalue weighted by Gasteiger charge is 2.37. The molecule has 5 nitrogen and oxygen atoms in total. The number of rotatable bonds is 10. The van der Waals surface area contributed by atoms with Crippen LogP contribution in [-0.4, -0.2) is 29.1 Å². The van der Waals surface area contributed by atoms with Crippen LogP contribution in [-0.2, 0) is 9.53 Å². The molecule has 0 fully saturated rings. The summed E-state index contributed by atoms with van der Waals surface area (Å²) in [6.07, 6.45) is 5.03. The third-order valence-electron chi connectivity index (χ3n) is 6.66. The van der Waals surface area contributed by atoms with E-state index in [1.54, 1.807) is 60.7 Å². The molecule has 0 heterocycles. The molecule has 0 spiro atoms. The largest absolute Gasteiger partial charge is 0.489 e. The normalized spacial score (nSPS) is 17.2. The summed E-state index contributed by atoms with van der Waals surface area (Å²) in [5.41, 5.74) is 2.51. The molecular weight excluding hydrogens is 488 g/mol. The molecule has 0 bridgehead atoms. The van der Waals surface area contributed by atoms with Gasteiger partial charge >= 0.3 is 5.97 Å². The van der Waals surface area contributed by atoms with Gasteiger partial charge in [-0.15, -0.1) is 0 Å². The Morgan fingerprint density at radius 2 is 1.41 bits per heavy atom. The quantitative estimate of drug-likeness (QED) is 0.232. The third-order valence-corrected chi connectivity index (χ3v) is 6.66. The topological polar surface area (TPSA) is 72.8 Å². The maximum absolute atomic E-state index is 13.2. The summed E-state index contributed by atoms with van der Waals surface area (Å²) in [5, 5.41) is 10.1. The maximum Gasteiger partial charge on any atom is 0.337 e. The van der Waals surface area contributed by atoms with Crippen LogP contribution in [0, 0.1) is 0 Å². The first-order valence-electron chi connectivity index (χ1n) is 12.8. The second-order valence-corrected chi connectivity index (χ2v) is 9.35. The number of carbonyl (C=O) groups is 2. The molecule has 4 aromatic carbocycles. The fraction of sp³-hybridized carbons (Fsp3) is 0.118. The van der Waals surface area contributed by atoms with Crippen molar-refractivity contribution in [3.63, 3.8) is 0 Å². The van der Waals surface area contributed by atoms with Crippen LogP contribution in [0.15, 0.2) is 133 Å². The lowest BCUT2D eigenvalue weighted by molar-refractivity contribution is -0.163. The first-order valence-corrected chi connectivity index (χ1v) is 12.8. The van der Waals surface area contributed by atoms with E-state index in [-0.39, 0.29) is 12.4 Å². The lowest BCUT2D eigenvalue weighted by Gasteiger charge is -2.35. The number of carboxylic acids is 1. The van der Waals surface area contributed by atoms with Gasteiger partial charge in [-0.05, 0) is 34.9 Å². The summed E-state index contributed by atoms with van der Waals surface area (Å²) < 4.78 is 12.6. The van der Waals surface area contributed by atoms with E-state index in [9.17, 15) is 14.7 Å². The Morgan fingerprint density at radius 1 is 0.795 bits per heavy atom. The Labute approximate surface area is 227 Å². The van der Waals surface area contributed by atoms with Gasteiger partial charge in [-0.25, -0.2) is 4.79 Å². The molecular formula is C34H28O5. The maximum atomic E-state index is 13.2. The van der Waals surface area contributed by atoms with Crippen molar-refractivity contribution in [3.8, 4) is 5.75 Å². The summed E-state index contributed by atoms with van der Waals surface area (Å²) in [6, 6.07) is 34.9. The molecule has 1 aliphatic rings. The second-order valence-electron chi connectivity index (χ2n) is 9.35. The lowest BCUT2D eigenvalue weighted by Crippen LogP contribution is -2.41. The zero-order chi connectivity index (χ0) is 27.1. The minimum Gasteiger partial charge on any atom is -0.489 e. The van der Waals surface area contributed by atoms with Crippen LogP contribution in [0.25, 0.3) is 5.57 Å². The first-order chi connectivity index (χ1) is 19.0. The molecule has 0 aromatic heterocycles. The SMILES string of the molecule is O=C(c1ccccc1)c1ccccc1OCC1(OC(C(=O)O)c2ccccc2)C=CC(c2ccccc2)=CC1. The average molecular weight is 517 g/mol. The van der Waals surface area contributed by atoms with Gasteiger partial charge in [0.2, 0.25) is 0 Å². The van der Waals surface area contributed by atoms with Crippen molar-refractivity contribution in [2.45, 2.75) is 18.1 Å². The number of hydrogen-bond acceptors (Lipinski definition) is 4. The van der Waals surface area contributed by atoms with Gasteiger partial charge in [0.25, 0.3) is 0 Å². The predicted molar refractivity (Wildman–Crippen MR) is 151 cm³/mol. The molecule has 0 amide bonds. The molecule has 4 aromatic rings. The van der Waals surface area contributed by atoms with Gasteiger partial charge in [0, 0.05) is 12.0 Å². The highest BCUT2D eigenvalue weighted by molar-refractivity contribution is 6.10. The number of hydrogen-bond donors (Lipinski definition) is 1. The van der Waals surface area contributed by atoms with Crippen LogP contribution in [0.2, 0.25) is 0 Å². The van der Waals surface area contributed by atoms with Gasteiger partial charge in [-0.2, -0.15) is 0 Å². The molecule has 0 saturated heterocycles. The molecule has 2 atom stereocenters. The molecule has 194 valence electrons. The van der Waals surface area contributed by atoms with Gasteiger partial charge in [0.15, 0.2) is 11.9 Å². The van der Waals surface area contributed by atoms with E-state index in [4.69, 9.17) is 9.47 Å². The van der Waals surface area contributed by atoms with Gasteiger partial charge in [0.05, 0.1) is 5.56 Å². The Balaban J connectivity index is 1.45. The molecule has 1 aliphatic carbocycles. The van der Waals surface area contributed by atoms with E-state index < -0.39 is 17.7 Å². The number of allylic oxidation sites excluding steroid dienone is 2. The van der Waals surface area contributed by atoms with Crippen molar-refractivity contribution >= 4 is 17.3 Å². The van der Waals surface area contributed by atoms with E-state index >= 15 is 0 Å². The van der Waals surface area contributed by atoms with Gasteiger partial charge < -0.3 is 14.6 Å². The minimum absolute atomic E-state index is 0.0117. The number of aliphatic carboxylic acids is 1. The number of carbonyl (C=O) groups excluding carboxylic acids is 1. The highest BCUT2D eigenvalue weighted by atomic mass is 16.6. The van der Waals surface area contributed by atoms with Crippen molar-refractivity contribution in [2.24, 2.45) is 0 Å². The average Bonchev–Trinajstić information content (AvgIpc) is 3.00. The fourth-order valence-corrected chi connectivity index (χ4v) is 4.58. The summed E-state index contributed by atoms with van der Waals surface area (Å²) in [5.74, 6) is -0.835. The molecule has 2 unspecified atom stereocenters. The van der Waals surface area contributed by atoms with Crippen LogP contribution in [0.5, 0.6) is 5.75 Å². The van der Waals surface area contributed by atoms with Crippen molar-refractivity contribution in [2.75, 3.05) is 6.61 Å². The van der Waals surface area contributed by atoms with Gasteiger partial charge in [-0.3, -0.25) is 4.79 Å². The van der Waals surface area contributed by atoms with E-state index in [0.29, 0.717) is 28.9 Å². The number of ketones is 1. The van der Waals surface area contributed by atoms with Crippen molar-refractivity contribution in [1.82, 2.24) is 0 Å². The molecule has 39 heavy (non-hydrogen) atoms. The lowest BCUT2D eigenvalue weighted by atomic mass is 9.89. The Morgan fingerprint density at radius 3 is 2.05 bits per heavy atom. The Kier molecular flexibility index (Phi) is 7.80. The van der Waals surface area contributed by atoms with Crippen LogP contribution < -0.4 is 4.74 Å². The van der Waals surface area contributed by atoms with Crippen LogP contribution in [0.4, 0.5) is 0 Å². The first kappa shape index (κ1) is 25.9. The van der Waals surface area contributed by atoms with Crippen molar-refractivity contribution in [3.05, 3.63) is 156 Å². The minimum atomic E-state index is -1.20. The van der Waals surface area contributed by atoms with Crippen LogP contribution >= 0.6 is 0 Å². The predicted octanol–water partition coefficient (Wildman–Crippen LogP) is 6.92. The Bertz CT molecular complexity index is 1490. The molecule has 0 aliphatic heterocycles. The molecule has 5 heteroatoms. The van der Waals surface area contributed by atoms with E-state index in [1.807, 2.05) is 72.8 Å². The summed E-state index contributed by atoms with van der Waals surface area (Å²) in [7, 11) is 0. The van der Waals surface area contributed by atoms with Crippen molar-refractivity contribution < 1.29 is 24.2 Å². The number of benzene rings is 4. The van der Waals surface area contributed by atoms with E-state index in [0.717, 1.165) is 11.1 Å². The van der Waals surface area contributed by atoms with Crippen LogP contribution in [0.3, 0.4) is 0 Å². The Hall–Kier alpha value is -4.74. The van der Waals surface area contributed by atoms with E-state index in [1.165, 1.54) is 0 Å². The monoisotopic (exact) mass is 516 g/mol. The highest BCUT2D eigenvalue weighted by Crippen LogP contribution is 2.35. The zero-order valence-electron chi connectivity index (χ0n) is 21.3. The van der Waals surface area contributed by atoms with Crippen molar-refractivity contribution in [1.29, 1.82) is 0 Å². The molecule has 1 N–H and O–H groups in total. The number of ether oxygens (including phenoxy) is 2. The zero-order valence-corrected chi connectivity index (χ0v) is 21.3. The standard InChI is InChI=1S/C34H28O5/c35-31(27-14-6-2-7-15-27)29-18-10-11-19-30(29)38-24-34(39-32(33(36)37)28-16-8-3-9-17-28)22-20-26(21-23-34)25-12-4-1-5-13-25/h1-22,32H,23-24H2,(H,36,37). The molecule has 5 rings (SSSR count). The van der Waals surface area contributed by atoms with Crippen LogP contribution in [0.1, 0.15) is 39.6 Å². The summed E-state index contributed by atoms with van der Waals surface area (Å²) in [6.45, 7) is 0.0117. The second kappa shape index (κ2) is 11.8. The number of para-hydroxylation sites is 1. The summed E-state index contributed by atoms with van der Waals surface area (Å²) >= 11 is 0. The van der Waals surface area contributed by atoms with Gasteiger partial charge in [0.1, 0.15) is 18.0 Å². The van der Waals surface area contributed by atoms with E-state index in [2.05, 4.69) is 0 Å². The molecule has 0 radical (unpaired) electrons. The number of carboxylic acid groups (broad SMARTS) is 1.